The molecule has 4 N–H and O–H groups in total. The molecule has 0 unspecified atom stereocenters. The molecule has 186 valence electrons. The van der Waals surface area contributed by atoms with Crippen LogP contribution >= 0.6 is 11.3 Å². The summed E-state index contributed by atoms with van der Waals surface area (Å²) in [6.45, 7) is 1.66. The van der Waals surface area contributed by atoms with E-state index in [0.29, 0.717) is 37.6 Å². The maximum atomic E-state index is 13.1. The lowest BCUT2D eigenvalue weighted by molar-refractivity contribution is -0.137. The van der Waals surface area contributed by atoms with Crippen LogP contribution in [0.3, 0.4) is 0 Å². The van der Waals surface area contributed by atoms with Gasteiger partial charge >= 0.3 is 12.2 Å². The largest absolute Gasteiger partial charge is 0.416 e. The molecule has 1 aromatic heterocycles. The molecule has 0 radical (unpaired) electrons. The molecule has 4 rings (SSSR count). The van der Waals surface area contributed by atoms with Crippen LogP contribution < -0.4 is 15.5 Å². The van der Waals surface area contributed by atoms with Crippen LogP contribution in [0.15, 0.2) is 41.1 Å². The van der Waals surface area contributed by atoms with E-state index in [9.17, 15) is 28.2 Å². The highest BCUT2D eigenvalue weighted by Gasteiger charge is 2.46. The SMILES string of the molecule is O=C(NC[C@H]1O[C@@H](CO)[C@@H](O)[C@@H]1N1CCN(c2cccc(C(F)(F)F)c2)CC1)Nc1ccsc1. The van der Waals surface area contributed by atoms with Crippen molar-refractivity contribution in [2.75, 3.05) is 49.5 Å². The zero-order valence-electron chi connectivity index (χ0n) is 18.2. The third-order valence-corrected chi connectivity index (χ3v) is 6.84. The molecule has 2 aliphatic heterocycles. The van der Waals surface area contributed by atoms with Crippen molar-refractivity contribution in [1.29, 1.82) is 0 Å². The summed E-state index contributed by atoms with van der Waals surface area (Å²) in [5.41, 5.74) is 0.476. The predicted octanol–water partition coefficient (Wildman–Crippen LogP) is 2.20. The van der Waals surface area contributed by atoms with Gasteiger partial charge in [-0.15, -0.1) is 0 Å². The molecule has 1 aromatic carbocycles. The van der Waals surface area contributed by atoms with Crippen molar-refractivity contribution in [1.82, 2.24) is 10.2 Å². The zero-order valence-corrected chi connectivity index (χ0v) is 19.1. The molecule has 0 bridgehead atoms. The second-order valence-electron chi connectivity index (χ2n) is 8.29. The molecule has 3 heterocycles. The Morgan fingerprint density at radius 1 is 1.18 bits per heavy atom. The van der Waals surface area contributed by atoms with Gasteiger partial charge in [-0.2, -0.15) is 24.5 Å². The van der Waals surface area contributed by atoms with E-state index in [1.165, 1.54) is 17.4 Å². The summed E-state index contributed by atoms with van der Waals surface area (Å²) in [5.74, 6) is 0. The number of carbonyl (C=O) groups is 1. The van der Waals surface area contributed by atoms with Crippen LogP contribution in [0.25, 0.3) is 0 Å². The van der Waals surface area contributed by atoms with Crippen molar-refractivity contribution in [3.8, 4) is 0 Å². The second kappa shape index (κ2) is 10.5. The first kappa shape index (κ1) is 24.7. The Morgan fingerprint density at radius 2 is 1.94 bits per heavy atom. The number of aliphatic hydroxyl groups excluding tert-OH is 2. The minimum absolute atomic E-state index is 0.127. The van der Waals surface area contributed by atoms with Gasteiger partial charge in [0.1, 0.15) is 12.2 Å². The Hall–Kier alpha value is -2.38. The number of urea groups is 1. The Bertz CT molecular complexity index is 954. The number of amides is 2. The van der Waals surface area contributed by atoms with Gasteiger partial charge < -0.3 is 30.5 Å². The highest BCUT2D eigenvalue weighted by atomic mass is 32.1. The lowest BCUT2D eigenvalue weighted by atomic mass is 10.0. The van der Waals surface area contributed by atoms with Crippen molar-refractivity contribution < 1.29 is 32.9 Å². The number of ether oxygens (including phenoxy) is 1. The molecular weight excluding hydrogens is 473 g/mol. The summed E-state index contributed by atoms with van der Waals surface area (Å²) in [6.07, 6.45) is -6.70. The highest BCUT2D eigenvalue weighted by Crippen LogP contribution is 2.32. The standard InChI is InChI=1S/C22H27F3N4O4S/c23-22(24,25)14-2-1-3-16(10-14)28-5-7-29(8-6-28)19-17(33-18(12-30)20(19)31)11-26-21(32)27-15-4-9-34-13-15/h1-4,9-10,13,17-20,30-31H,5-8,11-12H2,(H2,26,27,32)/t17-,18+,19-,20-/m1/s1. The van der Waals surface area contributed by atoms with Crippen LogP contribution in [0.5, 0.6) is 0 Å². The maximum absolute atomic E-state index is 13.1. The summed E-state index contributed by atoms with van der Waals surface area (Å²) in [6, 6.07) is 6.14. The van der Waals surface area contributed by atoms with E-state index in [1.807, 2.05) is 15.2 Å². The molecule has 0 spiro atoms. The van der Waals surface area contributed by atoms with Gasteiger partial charge in [0, 0.05) is 43.8 Å². The van der Waals surface area contributed by atoms with E-state index in [0.717, 1.165) is 12.1 Å². The number of nitrogens with one attached hydrogen (secondary N) is 2. The maximum Gasteiger partial charge on any atom is 0.416 e. The molecule has 2 fully saturated rings. The summed E-state index contributed by atoms with van der Waals surface area (Å²) in [4.78, 5) is 16.1. The van der Waals surface area contributed by atoms with Gasteiger partial charge in [0.05, 0.1) is 30.0 Å². The van der Waals surface area contributed by atoms with Gasteiger partial charge in [-0.25, -0.2) is 4.79 Å². The Labute approximate surface area is 198 Å². The van der Waals surface area contributed by atoms with Crippen LogP contribution in [0, 0.1) is 0 Å². The monoisotopic (exact) mass is 500 g/mol. The van der Waals surface area contributed by atoms with Gasteiger partial charge in [0.15, 0.2) is 0 Å². The van der Waals surface area contributed by atoms with Crippen molar-refractivity contribution >= 4 is 28.7 Å². The van der Waals surface area contributed by atoms with E-state index in [2.05, 4.69) is 10.6 Å². The summed E-state index contributed by atoms with van der Waals surface area (Å²) >= 11 is 1.45. The van der Waals surface area contributed by atoms with Crippen LogP contribution in [-0.4, -0.2) is 84.8 Å². The number of carbonyl (C=O) groups excluding carboxylic acids is 1. The molecule has 2 aliphatic rings. The fourth-order valence-corrected chi connectivity index (χ4v) is 5.05. The van der Waals surface area contributed by atoms with Crippen LogP contribution in [0.4, 0.5) is 29.3 Å². The predicted molar refractivity (Wildman–Crippen MR) is 122 cm³/mol. The third-order valence-electron chi connectivity index (χ3n) is 6.16. The number of piperazine rings is 1. The fourth-order valence-electron chi connectivity index (χ4n) is 4.46. The summed E-state index contributed by atoms with van der Waals surface area (Å²) in [7, 11) is 0. The van der Waals surface area contributed by atoms with Gasteiger partial charge in [-0.1, -0.05) is 6.07 Å². The Balaban J connectivity index is 1.37. The first-order chi connectivity index (χ1) is 16.3. The topological polar surface area (TPSA) is 97.3 Å². The number of halogens is 3. The number of alkyl halides is 3. The van der Waals surface area contributed by atoms with Gasteiger partial charge in [0.2, 0.25) is 0 Å². The summed E-state index contributed by atoms with van der Waals surface area (Å²) in [5, 5.41) is 29.4. The Morgan fingerprint density at radius 3 is 2.59 bits per heavy atom. The number of rotatable bonds is 6. The molecular formula is C22H27F3N4O4S. The van der Waals surface area contributed by atoms with E-state index in [1.54, 1.807) is 17.5 Å². The second-order valence-corrected chi connectivity index (χ2v) is 9.07. The molecule has 4 atom stereocenters. The van der Waals surface area contributed by atoms with Crippen LogP contribution in [0.2, 0.25) is 0 Å². The van der Waals surface area contributed by atoms with Crippen molar-refractivity contribution in [3.63, 3.8) is 0 Å². The smallest absolute Gasteiger partial charge is 0.394 e. The van der Waals surface area contributed by atoms with Crippen molar-refractivity contribution in [2.45, 2.75) is 30.5 Å². The van der Waals surface area contributed by atoms with E-state index < -0.39 is 42.1 Å². The highest BCUT2D eigenvalue weighted by molar-refractivity contribution is 7.08. The normalized spacial score (nSPS) is 26.0. The molecule has 0 saturated carbocycles. The Kier molecular flexibility index (Phi) is 7.63. The van der Waals surface area contributed by atoms with Crippen molar-refractivity contribution in [2.24, 2.45) is 0 Å². The van der Waals surface area contributed by atoms with Crippen LogP contribution in [0.1, 0.15) is 5.56 Å². The van der Waals surface area contributed by atoms with Gasteiger partial charge in [-0.3, -0.25) is 4.90 Å². The molecule has 12 heteroatoms. The lowest BCUT2D eigenvalue weighted by Crippen LogP contribution is -2.57. The number of thiophene rings is 1. The van der Waals surface area contributed by atoms with Gasteiger partial charge in [-0.05, 0) is 29.6 Å². The quantitative estimate of drug-likeness (QED) is 0.486. The summed E-state index contributed by atoms with van der Waals surface area (Å²) < 4.78 is 45.0. The van der Waals surface area contributed by atoms with E-state index >= 15 is 0 Å². The van der Waals surface area contributed by atoms with Crippen LogP contribution in [-0.2, 0) is 10.9 Å². The molecule has 2 aromatic rings. The molecule has 34 heavy (non-hydrogen) atoms. The number of anilines is 2. The molecule has 2 saturated heterocycles. The average molecular weight is 501 g/mol. The van der Waals surface area contributed by atoms with E-state index in [-0.39, 0.29) is 13.2 Å². The minimum atomic E-state index is -4.40. The number of nitrogens with zero attached hydrogens (tertiary/aromatic N) is 2. The molecule has 0 aliphatic carbocycles. The fraction of sp³-hybridized carbons (Fsp3) is 0.500. The first-order valence-electron chi connectivity index (χ1n) is 10.9. The first-order valence-corrected chi connectivity index (χ1v) is 11.9. The number of aliphatic hydroxyl groups is 2. The minimum Gasteiger partial charge on any atom is -0.394 e. The average Bonchev–Trinajstić information content (AvgIpc) is 3.44. The lowest BCUT2D eigenvalue weighted by Gasteiger charge is -2.41. The number of hydrogen-bond acceptors (Lipinski definition) is 7. The van der Waals surface area contributed by atoms with Gasteiger partial charge in [0.25, 0.3) is 0 Å². The molecule has 8 nitrogen and oxygen atoms in total. The van der Waals surface area contributed by atoms with E-state index in [4.69, 9.17) is 4.74 Å². The van der Waals surface area contributed by atoms with Crippen molar-refractivity contribution in [3.05, 3.63) is 46.7 Å². The zero-order chi connectivity index (χ0) is 24.3. The molecule has 2 amide bonds. The number of hydrogen-bond donors (Lipinski definition) is 4. The number of benzene rings is 1. The third kappa shape index (κ3) is 5.63.